The van der Waals surface area contributed by atoms with E-state index in [0.717, 1.165) is 0 Å². The van der Waals surface area contributed by atoms with Gasteiger partial charge in [-0.1, -0.05) is 18.2 Å². The largest absolute Gasteiger partial charge is 0.342 e. The van der Waals surface area contributed by atoms with E-state index in [4.69, 9.17) is 0 Å². The minimum Gasteiger partial charge on any atom is -0.342 e. The molecule has 1 aromatic heterocycles. The first kappa shape index (κ1) is 14.2. The molecule has 2 N–H and O–H groups in total. The summed E-state index contributed by atoms with van der Waals surface area (Å²) in [4.78, 5) is 27.4. The fraction of sp³-hybridized carbons (Fsp3) is 0.0714. The molecule has 0 atom stereocenters. The maximum atomic E-state index is 11.7. The number of amides is 2. The number of carbonyl (C=O) groups is 2. The molecule has 0 saturated heterocycles. The Kier molecular flexibility index (Phi) is 4.84. The molecule has 0 spiro atoms. The molecule has 102 valence electrons. The second kappa shape index (κ2) is 6.81. The zero-order valence-corrected chi connectivity index (χ0v) is 12.1. The second-order valence-corrected chi connectivity index (χ2v) is 4.79. The van der Waals surface area contributed by atoms with Gasteiger partial charge in [-0.15, -0.1) is 0 Å². The van der Waals surface area contributed by atoms with Crippen LogP contribution in [0.4, 0.5) is 5.69 Å². The third-order valence-corrected chi connectivity index (χ3v) is 3.18. The third-order valence-electron chi connectivity index (χ3n) is 2.48. The van der Waals surface area contributed by atoms with E-state index in [9.17, 15) is 9.59 Å². The standard InChI is InChI=1S/C14H12BrN3O2/c15-11-6-1-2-7-12(11)18-14(20)13(19)17-9-10-5-3-4-8-16-10/h1-8H,9H2,(H,17,19)(H,18,20). The molecule has 0 unspecified atom stereocenters. The Balaban J connectivity index is 1.90. The number of pyridine rings is 1. The number of nitrogens with one attached hydrogen (secondary N) is 2. The van der Waals surface area contributed by atoms with E-state index >= 15 is 0 Å². The third kappa shape index (κ3) is 3.89. The van der Waals surface area contributed by atoms with Gasteiger partial charge in [0.15, 0.2) is 0 Å². The van der Waals surface area contributed by atoms with E-state index in [1.807, 2.05) is 12.1 Å². The highest BCUT2D eigenvalue weighted by Crippen LogP contribution is 2.20. The Morgan fingerprint density at radius 2 is 1.80 bits per heavy atom. The van der Waals surface area contributed by atoms with E-state index in [1.54, 1.807) is 36.5 Å². The topological polar surface area (TPSA) is 71.1 Å². The van der Waals surface area contributed by atoms with Gasteiger partial charge in [-0.05, 0) is 40.2 Å². The number of rotatable bonds is 3. The SMILES string of the molecule is O=C(NCc1ccccn1)C(=O)Nc1ccccc1Br. The van der Waals surface area contributed by atoms with E-state index in [2.05, 4.69) is 31.5 Å². The molecule has 0 aliphatic rings. The van der Waals surface area contributed by atoms with Crippen LogP contribution in [0.5, 0.6) is 0 Å². The number of halogens is 1. The Morgan fingerprint density at radius 1 is 1.05 bits per heavy atom. The molecular weight excluding hydrogens is 322 g/mol. The highest BCUT2D eigenvalue weighted by molar-refractivity contribution is 9.10. The predicted octanol–water partition coefficient (Wildman–Crippen LogP) is 2.10. The fourth-order valence-electron chi connectivity index (χ4n) is 1.50. The second-order valence-electron chi connectivity index (χ2n) is 3.94. The van der Waals surface area contributed by atoms with E-state index in [-0.39, 0.29) is 6.54 Å². The molecule has 0 bridgehead atoms. The van der Waals surface area contributed by atoms with Gasteiger partial charge in [0.05, 0.1) is 17.9 Å². The summed E-state index contributed by atoms with van der Waals surface area (Å²) in [5, 5.41) is 5.04. The van der Waals surface area contributed by atoms with Crippen LogP contribution in [0.1, 0.15) is 5.69 Å². The zero-order valence-electron chi connectivity index (χ0n) is 10.5. The quantitative estimate of drug-likeness (QED) is 0.845. The van der Waals surface area contributed by atoms with Gasteiger partial charge in [-0.3, -0.25) is 14.6 Å². The summed E-state index contributed by atoms with van der Waals surface area (Å²) >= 11 is 3.29. The molecule has 0 aliphatic heterocycles. The summed E-state index contributed by atoms with van der Waals surface area (Å²) in [5.41, 5.74) is 1.24. The number of hydrogen-bond acceptors (Lipinski definition) is 3. The Hall–Kier alpha value is -2.21. The van der Waals surface area contributed by atoms with Crippen LogP contribution >= 0.6 is 15.9 Å². The van der Waals surface area contributed by atoms with Gasteiger partial charge < -0.3 is 10.6 Å². The molecule has 5 nitrogen and oxygen atoms in total. The summed E-state index contributed by atoms with van der Waals surface area (Å²) in [6, 6.07) is 12.4. The van der Waals surface area contributed by atoms with Crippen molar-refractivity contribution in [1.82, 2.24) is 10.3 Å². The lowest BCUT2D eigenvalue weighted by atomic mass is 10.3. The summed E-state index contributed by atoms with van der Waals surface area (Å²) in [7, 11) is 0. The Bertz CT molecular complexity index is 617. The van der Waals surface area contributed by atoms with Crippen molar-refractivity contribution < 1.29 is 9.59 Å². The average Bonchev–Trinajstić information content (AvgIpc) is 2.48. The van der Waals surface area contributed by atoms with Crippen LogP contribution in [0, 0.1) is 0 Å². The van der Waals surface area contributed by atoms with Crippen LogP contribution in [-0.2, 0) is 16.1 Å². The van der Waals surface area contributed by atoms with Crippen molar-refractivity contribution in [3.05, 3.63) is 58.8 Å². The van der Waals surface area contributed by atoms with Crippen molar-refractivity contribution in [3.63, 3.8) is 0 Å². The van der Waals surface area contributed by atoms with Gasteiger partial charge in [0.25, 0.3) is 0 Å². The van der Waals surface area contributed by atoms with Gasteiger partial charge in [-0.2, -0.15) is 0 Å². The normalized spacial score (nSPS) is 9.85. The number of nitrogens with zero attached hydrogens (tertiary/aromatic N) is 1. The van der Waals surface area contributed by atoms with Crippen molar-refractivity contribution in [2.45, 2.75) is 6.54 Å². The molecule has 1 heterocycles. The minimum absolute atomic E-state index is 0.211. The van der Waals surface area contributed by atoms with Gasteiger partial charge in [0.2, 0.25) is 0 Å². The molecule has 0 fully saturated rings. The summed E-state index contributed by atoms with van der Waals surface area (Å²) in [5.74, 6) is -1.42. The van der Waals surface area contributed by atoms with Crippen molar-refractivity contribution >= 4 is 33.4 Å². The smallest absolute Gasteiger partial charge is 0.313 e. The summed E-state index contributed by atoms with van der Waals surface area (Å²) in [6.07, 6.45) is 1.63. The molecule has 1 aromatic carbocycles. The van der Waals surface area contributed by atoms with Crippen LogP contribution in [0.25, 0.3) is 0 Å². The monoisotopic (exact) mass is 333 g/mol. The summed E-state index contributed by atoms with van der Waals surface area (Å²) < 4.78 is 0.714. The first-order valence-corrected chi connectivity index (χ1v) is 6.70. The molecule has 2 amide bonds. The predicted molar refractivity (Wildman–Crippen MR) is 78.9 cm³/mol. The van der Waals surface area contributed by atoms with Crippen LogP contribution in [0.2, 0.25) is 0 Å². The number of benzene rings is 1. The summed E-state index contributed by atoms with van der Waals surface area (Å²) in [6.45, 7) is 0.211. The van der Waals surface area contributed by atoms with Gasteiger partial charge in [0.1, 0.15) is 0 Å². The van der Waals surface area contributed by atoms with Crippen molar-refractivity contribution in [3.8, 4) is 0 Å². The lowest BCUT2D eigenvalue weighted by Crippen LogP contribution is -2.35. The van der Waals surface area contributed by atoms with Crippen LogP contribution in [0.15, 0.2) is 53.1 Å². The molecular formula is C14H12BrN3O2. The number of hydrogen-bond donors (Lipinski definition) is 2. The number of carbonyl (C=O) groups excluding carboxylic acids is 2. The van der Waals surface area contributed by atoms with E-state index < -0.39 is 11.8 Å². The Labute approximate surface area is 124 Å². The molecule has 2 rings (SSSR count). The number of para-hydroxylation sites is 1. The van der Waals surface area contributed by atoms with Crippen LogP contribution in [0.3, 0.4) is 0 Å². The fourth-order valence-corrected chi connectivity index (χ4v) is 1.88. The lowest BCUT2D eigenvalue weighted by Gasteiger charge is -2.07. The van der Waals surface area contributed by atoms with Crippen molar-refractivity contribution in [1.29, 1.82) is 0 Å². The van der Waals surface area contributed by atoms with E-state index in [0.29, 0.717) is 15.9 Å². The van der Waals surface area contributed by atoms with Gasteiger partial charge in [-0.25, -0.2) is 0 Å². The highest BCUT2D eigenvalue weighted by Gasteiger charge is 2.14. The Morgan fingerprint density at radius 3 is 2.50 bits per heavy atom. The molecule has 0 radical (unpaired) electrons. The lowest BCUT2D eigenvalue weighted by molar-refractivity contribution is -0.136. The van der Waals surface area contributed by atoms with Crippen molar-refractivity contribution in [2.24, 2.45) is 0 Å². The molecule has 0 saturated carbocycles. The first-order chi connectivity index (χ1) is 9.66. The molecule has 6 heteroatoms. The number of aromatic nitrogens is 1. The minimum atomic E-state index is -0.715. The first-order valence-electron chi connectivity index (χ1n) is 5.90. The van der Waals surface area contributed by atoms with Crippen molar-refractivity contribution in [2.75, 3.05) is 5.32 Å². The van der Waals surface area contributed by atoms with Crippen LogP contribution < -0.4 is 10.6 Å². The maximum absolute atomic E-state index is 11.7. The average molecular weight is 334 g/mol. The van der Waals surface area contributed by atoms with E-state index in [1.165, 1.54) is 0 Å². The number of anilines is 1. The maximum Gasteiger partial charge on any atom is 0.313 e. The van der Waals surface area contributed by atoms with Crippen LogP contribution in [-0.4, -0.2) is 16.8 Å². The molecule has 2 aromatic rings. The van der Waals surface area contributed by atoms with Gasteiger partial charge in [0, 0.05) is 10.7 Å². The zero-order chi connectivity index (χ0) is 14.4. The van der Waals surface area contributed by atoms with Gasteiger partial charge >= 0.3 is 11.8 Å². The highest BCUT2D eigenvalue weighted by atomic mass is 79.9. The molecule has 20 heavy (non-hydrogen) atoms. The molecule has 0 aliphatic carbocycles.